The van der Waals surface area contributed by atoms with Crippen molar-refractivity contribution in [2.45, 2.75) is 18.6 Å². The summed E-state index contributed by atoms with van der Waals surface area (Å²) in [4.78, 5) is 1.95. The fraction of sp³-hybridized carbons (Fsp3) is 0.875. The molecule has 2 atom stereocenters. The minimum absolute atomic E-state index is 0.202. The molecule has 0 aromatic rings. The number of nitrogens with zero attached hydrogens (tertiary/aromatic N) is 2. The molecule has 0 spiro atoms. The lowest BCUT2D eigenvalue weighted by Gasteiger charge is -2.20. The third kappa shape index (κ3) is 2.18. The second-order valence-corrected chi connectivity index (χ2v) is 3.04. The van der Waals surface area contributed by atoms with Crippen LogP contribution in [0.25, 0.3) is 0 Å². The smallest absolute Gasteiger partial charge is 0.121 e. The first-order valence-electron chi connectivity index (χ1n) is 4.08. The Morgan fingerprint density at radius 2 is 2.58 bits per heavy atom. The predicted octanol–water partition coefficient (Wildman–Crippen LogP) is -0.408. The number of aliphatic hydroxyl groups excluding tert-OH is 1. The van der Waals surface area contributed by atoms with Crippen LogP contribution in [0.1, 0.15) is 6.42 Å². The molecule has 1 unspecified atom stereocenters. The molecule has 0 aliphatic carbocycles. The Morgan fingerprint density at radius 3 is 3.00 bits per heavy atom. The highest BCUT2D eigenvalue weighted by molar-refractivity contribution is 4.94. The van der Waals surface area contributed by atoms with Crippen molar-refractivity contribution >= 4 is 0 Å². The van der Waals surface area contributed by atoms with Crippen LogP contribution < -0.4 is 0 Å². The van der Waals surface area contributed by atoms with E-state index >= 15 is 0 Å². The van der Waals surface area contributed by atoms with Crippen molar-refractivity contribution in [1.82, 2.24) is 4.90 Å². The van der Waals surface area contributed by atoms with E-state index in [2.05, 4.69) is 6.07 Å². The maximum absolute atomic E-state index is 9.22. The minimum Gasteiger partial charge on any atom is -0.392 e. The van der Waals surface area contributed by atoms with E-state index in [1.807, 2.05) is 4.90 Å². The predicted molar refractivity (Wildman–Crippen MR) is 43.5 cm³/mol. The van der Waals surface area contributed by atoms with Gasteiger partial charge in [0.1, 0.15) is 6.04 Å². The molecule has 1 heterocycles. The van der Waals surface area contributed by atoms with E-state index in [-0.39, 0.29) is 12.1 Å². The van der Waals surface area contributed by atoms with Crippen LogP contribution in [0.5, 0.6) is 0 Å². The summed E-state index contributed by atoms with van der Waals surface area (Å²) in [6.07, 6.45) is 0.500. The highest BCUT2D eigenvalue weighted by Crippen LogP contribution is 2.12. The number of nitriles is 1. The summed E-state index contributed by atoms with van der Waals surface area (Å²) in [5.74, 6) is 0. The average Bonchev–Trinajstić information content (AvgIpc) is 2.47. The molecule has 4 nitrogen and oxygen atoms in total. The van der Waals surface area contributed by atoms with Crippen LogP contribution in [0.4, 0.5) is 0 Å². The van der Waals surface area contributed by atoms with Gasteiger partial charge in [0.15, 0.2) is 0 Å². The largest absolute Gasteiger partial charge is 0.392 e. The maximum Gasteiger partial charge on any atom is 0.121 e. The van der Waals surface area contributed by atoms with Gasteiger partial charge in [0.05, 0.1) is 18.8 Å². The molecule has 0 amide bonds. The lowest BCUT2D eigenvalue weighted by atomic mass is 10.3. The zero-order chi connectivity index (χ0) is 8.97. The molecule has 1 rings (SSSR count). The molecule has 12 heavy (non-hydrogen) atoms. The van der Waals surface area contributed by atoms with Crippen molar-refractivity contribution in [3.63, 3.8) is 0 Å². The van der Waals surface area contributed by atoms with Gasteiger partial charge < -0.3 is 9.84 Å². The van der Waals surface area contributed by atoms with Gasteiger partial charge in [-0.25, -0.2) is 0 Å². The van der Waals surface area contributed by atoms with Crippen LogP contribution in [-0.2, 0) is 4.74 Å². The highest BCUT2D eigenvalue weighted by atomic mass is 16.5. The Kier molecular flexibility index (Phi) is 3.48. The molecule has 1 N–H and O–H groups in total. The van der Waals surface area contributed by atoms with E-state index in [0.717, 1.165) is 13.0 Å². The molecule has 1 saturated heterocycles. The van der Waals surface area contributed by atoms with Crippen molar-refractivity contribution in [2.75, 3.05) is 26.8 Å². The van der Waals surface area contributed by atoms with E-state index in [0.29, 0.717) is 13.2 Å². The molecule has 1 aliphatic rings. The number of methoxy groups -OCH3 is 1. The second-order valence-electron chi connectivity index (χ2n) is 3.04. The lowest BCUT2D eigenvalue weighted by molar-refractivity contribution is 0.116. The zero-order valence-corrected chi connectivity index (χ0v) is 7.23. The lowest BCUT2D eigenvalue weighted by Crippen LogP contribution is -2.36. The fourth-order valence-corrected chi connectivity index (χ4v) is 1.43. The molecule has 1 aliphatic heterocycles. The van der Waals surface area contributed by atoms with Crippen LogP contribution in [0.15, 0.2) is 0 Å². The number of aliphatic hydroxyl groups is 1. The SMILES string of the molecule is COCC(C#N)N1CC[C@H](O)C1. The van der Waals surface area contributed by atoms with Crippen molar-refractivity contribution in [2.24, 2.45) is 0 Å². The topological polar surface area (TPSA) is 56.5 Å². The number of ether oxygens (including phenoxy) is 1. The summed E-state index contributed by atoms with van der Waals surface area (Å²) in [7, 11) is 1.58. The molecular weight excluding hydrogens is 156 g/mol. The summed E-state index contributed by atoms with van der Waals surface area (Å²) in [5.41, 5.74) is 0. The maximum atomic E-state index is 9.22. The highest BCUT2D eigenvalue weighted by Gasteiger charge is 2.26. The third-order valence-corrected chi connectivity index (χ3v) is 2.11. The van der Waals surface area contributed by atoms with Gasteiger partial charge in [-0.2, -0.15) is 5.26 Å². The van der Waals surface area contributed by atoms with E-state index in [1.165, 1.54) is 0 Å². The van der Waals surface area contributed by atoms with Crippen LogP contribution in [-0.4, -0.2) is 49.0 Å². The molecule has 0 aromatic heterocycles. The summed E-state index contributed by atoms with van der Waals surface area (Å²) < 4.78 is 4.90. The Balaban J connectivity index is 2.40. The van der Waals surface area contributed by atoms with Gasteiger partial charge in [0.25, 0.3) is 0 Å². The minimum atomic E-state index is -0.266. The first kappa shape index (κ1) is 9.46. The Morgan fingerprint density at radius 1 is 1.83 bits per heavy atom. The third-order valence-electron chi connectivity index (χ3n) is 2.11. The van der Waals surface area contributed by atoms with Crippen molar-refractivity contribution in [3.05, 3.63) is 0 Å². The van der Waals surface area contributed by atoms with Gasteiger partial charge in [-0.05, 0) is 6.42 Å². The first-order chi connectivity index (χ1) is 5.77. The number of β-amino-alcohol motifs (C(OH)–C–C–N with tert-alkyl or cyclic N) is 1. The quantitative estimate of drug-likeness (QED) is 0.625. The van der Waals surface area contributed by atoms with Crippen molar-refractivity contribution in [1.29, 1.82) is 5.26 Å². The van der Waals surface area contributed by atoms with Gasteiger partial charge in [-0.1, -0.05) is 0 Å². The van der Waals surface area contributed by atoms with Crippen molar-refractivity contribution in [3.8, 4) is 6.07 Å². The first-order valence-corrected chi connectivity index (χ1v) is 4.08. The van der Waals surface area contributed by atoms with Gasteiger partial charge >= 0.3 is 0 Å². The van der Waals surface area contributed by atoms with Crippen LogP contribution in [0.2, 0.25) is 0 Å². The van der Waals surface area contributed by atoms with E-state index in [4.69, 9.17) is 10.00 Å². The molecular formula is C8H14N2O2. The molecule has 0 radical (unpaired) electrons. The normalized spacial score (nSPS) is 26.9. The molecule has 68 valence electrons. The van der Waals surface area contributed by atoms with Gasteiger partial charge in [-0.3, -0.25) is 4.90 Å². The average molecular weight is 170 g/mol. The summed E-state index contributed by atoms with van der Waals surface area (Å²) >= 11 is 0. The van der Waals surface area contributed by atoms with E-state index < -0.39 is 0 Å². The second kappa shape index (κ2) is 4.41. The van der Waals surface area contributed by atoms with E-state index in [9.17, 15) is 5.11 Å². The Labute approximate surface area is 72.3 Å². The summed E-state index contributed by atoms with van der Waals surface area (Å²) in [6.45, 7) is 1.81. The number of likely N-dealkylation sites (tertiary alicyclic amines) is 1. The van der Waals surface area contributed by atoms with Crippen LogP contribution in [0, 0.1) is 11.3 Å². The zero-order valence-electron chi connectivity index (χ0n) is 7.23. The molecule has 0 saturated carbocycles. The molecule has 0 bridgehead atoms. The number of hydrogen-bond donors (Lipinski definition) is 1. The van der Waals surface area contributed by atoms with Crippen LogP contribution in [0.3, 0.4) is 0 Å². The number of hydrogen-bond acceptors (Lipinski definition) is 4. The number of rotatable bonds is 3. The van der Waals surface area contributed by atoms with Gasteiger partial charge in [0.2, 0.25) is 0 Å². The molecule has 0 aromatic carbocycles. The van der Waals surface area contributed by atoms with Gasteiger partial charge in [0, 0.05) is 20.2 Å². The molecule has 1 fully saturated rings. The van der Waals surface area contributed by atoms with Crippen LogP contribution >= 0.6 is 0 Å². The van der Waals surface area contributed by atoms with E-state index in [1.54, 1.807) is 7.11 Å². The Hall–Kier alpha value is -0.630. The van der Waals surface area contributed by atoms with Gasteiger partial charge in [-0.15, -0.1) is 0 Å². The molecule has 4 heteroatoms. The summed E-state index contributed by atoms with van der Waals surface area (Å²) in [5, 5.41) is 18.0. The monoisotopic (exact) mass is 170 g/mol. The Bertz CT molecular complexity index is 178. The standard InChI is InChI=1S/C8H14N2O2/c1-12-6-7(4-9)10-3-2-8(11)5-10/h7-8,11H,2-3,5-6H2,1H3/t7?,8-/m0/s1. The fourth-order valence-electron chi connectivity index (χ4n) is 1.43. The van der Waals surface area contributed by atoms with Crippen molar-refractivity contribution < 1.29 is 9.84 Å². The summed E-state index contributed by atoms with van der Waals surface area (Å²) in [6, 6.07) is 1.95.